The van der Waals surface area contributed by atoms with E-state index in [1.54, 1.807) is 18.3 Å². The molecule has 0 radical (unpaired) electrons. The Morgan fingerprint density at radius 1 is 0.971 bits per heavy atom. The number of hydrogen-bond acceptors (Lipinski definition) is 3. The van der Waals surface area contributed by atoms with Gasteiger partial charge >= 0.3 is 0 Å². The third-order valence-electron chi connectivity index (χ3n) is 7.00. The first-order valence-corrected chi connectivity index (χ1v) is 13.0. The van der Waals surface area contributed by atoms with Crippen molar-refractivity contribution in [2.24, 2.45) is 5.92 Å². The second-order valence-electron chi connectivity index (χ2n) is 9.18. The zero-order valence-corrected chi connectivity index (χ0v) is 21.5. The molecule has 2 aliphatic rings. The van der Waals surface area contributed by atoms with Crippen LogP contribution >= 0.6 is 34.8 Å². The Balaban J connectivity index is 1.25. The predicted molar refractivity (Wildman–Crippen MR) is 144 cm³/mol. The lowest BCUT2D eigenvalue weighted by atomic mass is 9.81. The average Bonchev–Trinajstić information content (AvgIpc) is 3.24. The van der Waals surface area contributed by atoms with Gasteiger partial charge in [0.2, 0.25) is 0 Å². The van der Waals surface area contributed by atoms with Gasteiger partial charge in [-0.1, -0.05) is 53.0 Å². The van der Waals surface area contributed by atoms with Crippen LogP contribution in [-0.2, 0) is 6.42 Å². The number of amides is 1. The normalized spacial score (nSPS) is 18.3. The fourth-order valence-corrected chi connectivity index (χ4v) is 5.66. The van der Waals surface area contributed by atoms with E-state index in [4.69, 9.17) is 34.8 Å². The summed E-state index contributed by atoms with van der Waals surface area (Å²) in [7, 11) is 0. The van der Waals surface area contributed by atoms with Gasteiger partial charge in [0.25, 0.3) is 5.91 Å². The highest BCUT2D eigenvalue weighted by Crippen LogP contribution is 2.45. The number of likely N-dealkylation sites (tertiary alicyclic amines) is 1. The number of halogens is 3. The first-order valence-electron chi connectivity index (χ1n) is 11.9. The molecule has 1 atom stereocenters. The molecular weight excluding hydrogens is 501 g/mol. The maximum atomic E-state index is 13.4. The van der Waals surface area contributed by atoms with Crippen molar-refractivity contribution in [1.82, 2.24) is 9.88 Å². The topological polar surface area (TPSA) is 36.4 Å². The number of nitrogens with zero attached hydrogens (tertiary/aromatic N) is 3. The number of rotatable bonds is 5. The minimum Gasteiger partial charge on any atom is -0.378 e. The van der Waals surface area contributed by atoms with E-state index < -0.39 is 0 Å². The van der Waals surface area contributed by atoms with Crippen LogP contribution in [0.2, 0.25) is 15.2 Å². The molecule has 180 valence electrons. The number of fused-ring (bicyclic) bond motifs is 1. The van der Waals surface area contributed by atoms with Gasteiger partial charge in [0.05, 0.1) is 0 Å². The Kier molecular flexibility index (Phi) is 7.33. The summed E-state index contributed by atoms with van der Waals surface area (Å²) in [6.45, 7) is 2.66. The molecule has 0 aliphatic carbocycles. The molecule has 0 spiro atoms. The second kappa shape index (κ2) is 10.6. The standard InChI is InChI=1S/C28H26Cl3N3O/c29-22-5-3-19(4-6-22)2-1-13-33-14-10-20(11-15-33)25-18-34(26-8-7-23(30)17-24(25)26)28(35)21-9-12-32-27(31)16-21/h1,3-9,12-13,16-17,20,25H,2,10-11,14-15,18H2/b13-1+. The van der Waals surface area contributed by atoms with Crippen molar-refractivity contribution in [1.29, 1.82) is 0 Å². The molecule has 35 heavy (non-hydrogen) atoms. The number of carbonyl (C=O) groups excluding carboxylic acids is 1. The lowest BCUT2D eigenvalue weighted by Gasteiger charge is -2.34. The summed E-state index contributed by atoms with van der Waals surface area (Å²) < 4.78 is 0. The van der Waals surface area contributed by atoms with Crippen LogP contribution in [0.4, 0.5) is 5.69 Å². The number of carbonyl (C=O) groups is 1. The van der Waals surface area contributed by atoms with Gasteiger partial charge < -0.3 is 9.80 Å². The number of pyridine rings is 1. The zero-order chi connectivity index (χ0) is 24.4. The molecule has 7 heteroatoms. The van der Waals surface area contributed by atoms with E-state index in [2.05, 4.69) is 34.3 Å². The SMILES string of the molecule is O=C(c1ccnc(Cl)c1)N1CC(C2CCN(/C=C/Cc3ccc(Cl)cc3)CC2)c2cc(Cl)ccc21. The summed E-state index contributed by atoms with van der Waals surface area (Å²) in [5.74, 6) is 0.708. The monoisotopic (exact) mass is 525 g/mol. The molecule has 3 aromatic rings. The largest absolute Gasteiger partial charge is 0.378 e. The quantitative estimate of drug-likeness (QED) is 0.328. The lowest BCUT2D eigenvalue weighted by Crippen LogP contribution is -2.35. The fraction of sp³-hybridized carbons (Fsp3) is 0.286. The van der Waals surface area contributed by atoms with E-state index >= 15 is 0 Å². The molecule has 1 saturated heterocycles. The Morgan fingerprint density at radius 2 is 1.71 bits per heavy atom. The maximum absolute atomic E-state index is 13.4. The summed E-state index contributed by atoms with van der Waals surface area (Å²) in [6.07, 6.45) is 9.04. The van der Waals surface area contributed by atoms with Crippen molar-refractivity contribution < 1.29 is 4.79 Å². The van der Waals surface area contributed by atoms with Gasteiger partial charge in [-0.15, -0.1) is 0 Å². The van der Waals surface area contributed by atoms with E-state index in [0.717, 1.165) is 43.1 Å². The Bertz CT molecular complexity index is 1240. The number of benzene rings is 2. The van der Waals surface area contributed by atoms with Crippen LogP contribution in [0.1, 0.15) is 40.2 Å². The van der Waals surface area contributed by atoms with Crippen molar-refractivity contribution in [2.45, 2.75) is 25.2 Å². The van der Waals surface area contributed by atoms with E-state index in [1.807, 2.05) is 35.2 Å². The maximum Gasteiger partial charge on any atom is 0.258 e. The molecule has 1 aromatic heterocycles. The molecule has 5 rings (SSSR count). The fourth-order valence-electron chi connectivity index (χ4n) is 5.18. The number of anilines is 1. The van der Waals surface area contributed by atoms with Crippen LogP contribution < -0.4 is 4.90 Å². The first kappa shape index (κ1) is 24.2. The van der Waals surface area contributed by atoms with Gasteiger partial charge in [0.15, 0.2) is 0 Å². The number of allylic oxidation sites excluding steroid dienone is 1. The highest BCUT2D eigenvalue weighted by molar-refractivity contribution is 6.31. The van der Waals surface area contributed by atoms with Crippen LogP contribution in [0.5, 0.6) is 0 Å². The van der Waals surface area contributed by atoms with Crippen molar-refractivity contribution >= 4 is 46.4 Å². The van der Waals surface area contributed by atoms with Crippen LogP contribution in [0.3, 0.4) is 0 Å². The second-order valence-corrected chi connectivity index (χ2v) is 10.4. The molecule has 1 amide bonds. The summed E-state index contributed by atoms with van der Waals surface area (Å²) in [4.78, 5) is 21.6. The van der Waals surface area contributed by atoms with Gasteiger partial charge in [-0.3, -0.25) is 4.79 Å². The minimum atomic E-state index is -0.0528. The Labute approximate surface area is 221 Å². The number of piperidine rings is 1. The zero-order valence-electron chi connectivity index (χ0n) is 19.2. The summed E-state index contributed by atoms with van der Waals surface area (Å²) in [6, 6.07) is 17.2. The molecule has 1 unspecified atom stereocenters. The molecule has 3 heterocycles. The summed E-state index contributed by atoms with van der Waals surface area (Å²) in [5.41, 5.74) is 3.91. The van der Waals surface area contributed by atoms with Gasteiger partial charge in [-0.25, -0.2) is 4.98 Å². The molecule has 1 fully saturated rings. The number of hydrogen-bond donors (Lipinski definition) is 0. The van der Waals surface area contributed by atoms with Crippen LogP contribution in [0, 0.1) is 5.92 Å². The summed E-state index contributed by atoms with van der Waals surface area (Å²) >= 11 is 18.4. The van der Waals surface area contributed by atoms with Gasteiger partial charge in [-0.2, -0.15) is 0 Å². The van der Waals surface area contributed by atoms with E-state index in [-0.39, 0.29) is 11.8 Å². The highest BCUT2D eigenvalue weighted by Gasteiger charge is 2.38. The Hall–Kier alpha value is -2.53. The van der Waals surface area contributed by atoms with E-state index in [1.165, 1.54) is 11.1 Å². The van der Waals surface area contributed by atoms with E-state index in [0.29, 0.717) is 28.2 Å². The lowest BCUT2D eigenvalue weighted by molar-refractivity contribution is 0.0985. The smallest absolute Gasteiger partial charge is 0.258 e. The average molecular weight is 527 g/mol. The van der Waals surface area contributed by atoms with Crippen molar-refractivity contribution in [3.8, 4) is 0 Å². The predicted octanol–water partition coefficient (Wildman–Crippen LogP) is 7.25. The van der Waals surface area contributed by atoms with Crippen molar-refractivity contribution in [3.63, 3.8) is 0 Å². The molecule has 0 bridgehead atoms. The van der Waals surface area contributed by atoms with Crippen molar-refractivity contribution in [2.75, 3.05) is 24.5 Å². The van der Waals surface area contributed by atoms with Crippen LogP contribution in [-0.4, -0.2) is 35.4 Å². The Morgan fingerprint density at radius 3 is 2.46 bits per heavy atom. The molecular formula is C28H26Cl3N3O. The molecule has 0 N–H and O–H groups in total. The minimum absolute atomic E-state index is 0.0528. The highest BCUT2D eigenvalue weighted by atomic mass is 35.5. The third-order valence-corrected chi connectivity index (χ3v) is 7.70. The molecule has 0 saturated carbocycles. The first-order chi connectivity index (χ1) is 17.0. The molecule has 2 aromatic carbocycles. The number of aromatic nitrogens is 1. The van der Waals surface area contributed by atoms with Gasteiger partial charge in [-0.05, 0) is 85.0 Å². The third kappa shape index (κ3) is 5.50. The van der Waals surface area contributed by atoms with Crippen LogP contribution in [0.15, 0.2) is 73.1 Å². The van der Waals surface area contributed by atoms with Crippen LogP contribution in [0.25, 0.3) is 0 Å². The van der Waals surface area contributed by atoms with Crippen molar-refractivity contribution in [3.05, 3.63) is 105 Å². The van der Waals surface area contributed by atoms with Gasteiger partial charge in [0.1, 0.15) is 5.15 Å². The van der Waals surface area contributed by atoms with E-state index in [9.17, 15) is 4.79 Å². The molecule has 4 nitrogen and oxygen atoms in total. The molecule has 2 aliphatic heterocycles. The summed E-state index contributed by atoms with van der Waals surface area (Å²) in [5, 5.41) is 1.79. The van der Waals surface area contributed by atoms with Gasteiger partial charge in [0, 0.05) is 53.0 Å².